The molecule has 0 aromatic rings. The Morgan fingerprint density at radius 3 is 2.71 bits per heavy atom. The quantitative estimate of drug-likeness (QED) is 0.730. The van der Waals surface area contributed by atoms with Crippen LogP contribution in [0.2, 0.25) is 0 Å². The number of aliphatic hydroxyl groups is 1. The first kappa shape index (κ1) is 12.0. The molecule has 1 aliphatic rings. The van der Waals surface area contributed by atoms with Crippen LogP contribution in [0.1, 0.15) is 52.4 Å². The minimum Gasteiger partial charge on any atom is -0.393 e. The summed E-state index contributed by atoms with van der Waals surface area (Å²) in [5.74, 6) is 0.686. The maximum atomic E-state index is 10.1. The molecule has 1 aliphatic carbocycles. The van der Waals surface area contributed by atoms with Crippen molar-refractivity contribution >= 4 is 0 Å². The predicted octanol–water partition coefficient (Wildman–Crippen LogP) is 2.30. The van der Waals surface area contributed by atoms with E-state index in [2.05, 4.69) is 13.8 Å². The fourth-order valence-corrected chi connectivity index (χ4v) is 2.69. The summed E-state index contributed by atoms with van der Waals surface area (Å²) in [6.07, 6.45) is 6.61. The second kappa shape index (κ2) is 5.13. The summed E-state index contributed by atoms with van der Waals surface area (Å²) in [4.78, 5) is 0. The number of hydrogen-bond acceptors (Lipinski definition) is 2. The van der Waals surface area contributed by atoms with Crippen molar-refractivity contribution in [2.45, 2.75) is 58.5 Å². The molecule has 0 bridgehead atoms. The summed E-state index contributed by atoms with van der Waals surface area (Å²) in [6.45, 7) is 5.13. The average Bonchev–Trinajstić information content (AvgIpc) is 2.21. The van der Waals surface area contributed by atoms with E-state index in [4.69, 9.17) is 5.73 Å². The summed E-state index contributed by atoms with van der Waals surface area (Å²) in [6, 6.07) is 0. The van der Waals surface area contributed by atoms with Crippen LogP contribution in [-0.2, 0) is 0 Å². The zero-order valence-electron chi connectivity index (χ0n) is 9.63. The summed E-state index contributed by atoms with van der Waals surface area (Å²) in [7, 11) is 0. The fourth-order valence-electron chi connectivity index (χ4n) is 2.69. The molecule has 1 saturated carbocycles. The third-order valence-corrected chi connectivity index (χ3v) is 3.97. The molecule has 2 heteroatoms. The van der Waals surface area contributed by atoms with Crippen molar-refractivity contribution in [2.75, 3.05) is 6.54 Å². The Bertz CT molecular complexity index is 172. The van der Waals surface area contributed by atoms with Crippen molar-refractivity contribution in [3.63, 3.8) is 0 Å². The van der Waals surface area contributed by atoms with Crippen LogP contribution in [0.3, 0.4) is 0 Å². The van der Waals surface area contributed by atoms with E-state index in [1.807, 2.05) is 0 Å². The van der Waals surface area contributed by atoms with E-state index in [0.717, 1.165) is 19.3 Å². The standard InChI is InChI=1S/C12H25NO/c1-3-10(2)8-12(9-13)7-5-4-6-11(12)14/h10-11,14H,3-9,13H2,1-2H3. The van der Waals surface area contributed by atoms with Gasteiger partial charge in [-0.1, -0.05) is 33.1 Å². The van der Waals surface area contributed by atoms with E-state index in [9.17, 15) is 5.11 Å². The van der Waals surface area contributed by atoms with Gasteiger partial charge in [-0.25, -0.2) is 0 Å². The summed E-state index contributed by atoms with van der Waals surface area (Å²) >= 11 is 0. The Morgan fingerprint density at radius 2 is 2.21 bits per heavy atom. The molecule has 3 N–H and O–H groups in total. The molecule has 0 saturated heterocycles. The van der Waals surface area contributed by atoms with Crippen LogP contribution in [0.4, 0.5) is 0 Å². The zero-order valence-corrected chi connectivity index (χ0v) is 9.63. The van der Waals surface area contributed by atoms with Crippen LogP contribution in [0.5, 0.6) is 0 Å². The number of nitrogens with two attached hydrogens (primary N) is 1. The largest absolute Gasteiger partial charge is 0.393 e. The second-order valence-electron chi connectivity index (χ2n) is 5.05. The van der Waals surface area contributed by atoms with Crippen molar-refractivity contribution in [1.29, 1.82) is 0 Å². The smallest absolute Gasteiger partial charge is 0.0608 e. The van der Waals surface area contributed by atoms with Gasteiger partial charge in [0.25, 0.3) is 0 Å². The van der Waals surface area contributed by atoms with Crippen molar-refractivity contribution in [3.8, 4) is 0 Å². The molecule has 2 nitrogen and oxygen atoms in total. The second-order valence-corrected chi connectivity index (χ2v) is 5.05. The van der Waals surface area contributed by atoms with Gasteiger partial charge in [-0.15, -0.1) is 0 Å². The molecule has 1 fully saturated rings. The lowest BCUT2D eigenvalue weighted by atomic mass is 9.67. The van der Waals surface area contributed by atoms with Gasteiger partial charge in [0.1, 0.15) is 0 Å². The molecule has 0 aromatic carbocycles. The third kappa shape index (κ3) is 2.48. The highest BCUT2D eigenvalue weighted by atomic mass is 16.3. The number of rotatable bonds is 4. The minimum absolute atomic E-state index is 0.0354. The Morgan fingerprint density at radius 1 is 1.50 bits per heavy atom. The average molecular weight is 199 g/mol. The molecule has 0 radical (unpaired) electrons. The van der Waals surface area contributed by atoms with Crippen LogP contribution in [0.15, 0.2) is 0 Å². The molecule has 0 aliphatic heterocycles. The lowest BCUT2D eigenvalue weighted by Crippen LogP contribution is -2.45. The highest BCUT2D eigenvalue weighted by molar-refractivity contribution is 4.91. The van der Waals surface area contributed by atoms with Crippen LogP contribution >= 0.6 is 0 Å². The Balaban J connectivity index is 2.62. The number of aliphatic hydroxyl groups excluding tert-OH is 1. The highest BCUT2D eigenvalue weighted by Crippen LogP contribution is 2.41. The molecule has 0 heterocycles. The van der Waals surface area contributed by atoms with Gasteiger partial charge >= 0.3 is 0 Å². The predicted molar refractivity (Wildman–Crippen MR) is 60.0 cm³/mol. The Hall–Kier alpha value is -0.0800. The summed E-state index contributed by atoms with van der Waals surface area (Å²) in [5, 5.41) is 10.1. The van der Waals surface area contributed by atoms with Crippen molar-refractivity contribution < 1.29 is 5.11 Å². The summed E-state index contributed by atoms with van der Waals surface area (Å²) < 4.78 is 0. The van der Waals surface area contributed by atoms with Crippen molar-refractivity contribution in [3.05, 3.63) is 0 Å². The maximum absolute atomic E-state index is 10.1. The van der Waals surface area contributed by atoms with E-state index in [1.54, 1.807) is 0 Å². The molecular weight excluding hydrogens is 174 g/mol. The lowest BCUT2D eigenvalue weighted by Gasteiger charge is -2.42. The molecule has 0 spiro atoms. The van der Waals surface area contributed by atoms with Gasteiger partial charge in [-0.2, -0.15) is 0 Å². The van der Waals surface area contributed by atoms with Gasteiger partial charge in [0.2, 0.25) is 0 Å². The molecule has 1 rings (SSSR count). The van der Waals surface area contributed by atoms with Gasteiger partial charge < -0.3 is 10.8 Å². The van der Waals surface area contributed by atoms with Gasteiger partial charge in [0.05, 0.1) is 6.10 Å². The van der Waals surface area contributed by atoms with E-state index in [0.29, 0.717) is 12.5 Å². The van der Waals surface area contributed by atoms with Crippen LogP contribution in [0.25, 0.3) is 0 Å². The van der Waals surface area contributed by atoms with Crippen LogP contribution in [-0.4, -0.2) is 17.8 Å². The lowest BCUT2D eigenvalue weighted by molar-refractivity contribution is -0.0210. The third-order valence-electron chi connectivity index (χ3n) is 3.97. The van der Waals surface area contributed by atoms with Crippen LogP contribution in [0, 0.1) is 11.3 Å². The highest BCUT2D eigenvalue weighted by Gasteiger charge is 2.39. The topological polar surface area (TPSA) is 46.2 Å². The van der Waals surface area contributed by atoms with Gasteiger partial charge in [-0.05, 0) is 25.2 Å². The molecule has 0 aromatic heterocycles. The van der Waals surface area contributed by atoms with Gasteiger partial charge in [0, 0.05) is 12.0 Å². The first-order chi connectivity index (χ1) is 6.64. The molecular formula is C12H25NO. The van der Waals surface area contributed by atoms with Crippen molar-refractivity contribution in [2.24, 2.45) is 17.1 Å². The molecule has 14 heavy (non-hydrogen) atoms. The van der Waals surface area contributed by atoms with E-state index >= 15 is 0 Å². The van der Waals surface area contributed by atoms with Crippen molar-refractivity contribution in [1.82, 2.24) is 0 Å². The molecule has 3 atom stereocenters. The van der Waals surface area contributed by atoms with Gasteiger partial charge in [-0.3, -0.25) is 0 Å². The van der Waals surface area contributed by atoms with E-state index in [-0.39, 0.29) is 11.5 Å². The first-order valence-corrected chi connectivity index (χ1v) is 6.02. The Labute approximate surface area is 87.9 Å². The molecule has 3 unspecified atom stereocenters. The fraction of sp³-hybridized carbons (Fsp3) is 1.00. The van der Waals surface area contributed by atoms with Crippen LogP contribution < -0.4 is 5.73 Å². The monoisotopic (exact) mass is 199 g/mol. The van der Waals surface area contributed by atoms with E-state index < -0.39 is 0 Å². The maximum Gasteiger partial charge on any atom is 0.0608 e. The normalized spacial score (nSPS) is 35.6. The Kier molecular flexibility index (Phi) is 4.39. The molecule has 0 amide bonds. The minimum atomic E-state index is -0.157. The SMILES string of the molecule is CCC(C)CC1(CN)CCCCC1O. The first-order valence-electron chi connectivity index (χ1n) is 6.02. The summed E-state index contributed by atoms with van der Waals surface area (Å²) in [5.41, 5.74) is 5.91. The van der Waals surface area contributed by atoms with Gasteiger partial charge in [0.15, 0.2) is 0 Å². The zero-order chi connectivity index (χ0) is 10.6. The van der Waals surface area contributed by atoms with E-state index in [1.165, 1.54) is 19.3 Å². The molecule has 84 valence electrons. The number of hydrogen-bond donors (Lipinski definition) is 2.